The summed E-state index contributed by atoms with van der Waals surface area (Å²) in [7, 11) is 1.92. The van der Waals surface area contributed by atoms with Gasteiger partial charge in [0.1, 0.15) is 11.5 Å². The van der Waals surface area contributed by atoms with E-state index in [2.05, 4.69) is 23.3 Å². The molecule has 0 aliphatic heterocycles. The lowest BCUT2D eigenvalue weighted by Crippen LogP contribution is -2.45. The lowest BCUT2D eigenvalue weighted by molar-refractivity contribution is -0.121. The van der Waals surface area contributed by atoms with E-state index in [0.29, 0.717) is 5.82 Å². The highest BCUT2D eigenvalue weighted by Gasteiger charge is 2.24. The molecule has 1 amide bonds. The van der Waals surface area contributed by atoms with Crippen molar-refractivity contribution in [3.8, 4) is 11.5 Å². The number of rotatable bonds is 6. The van der Waals surface area contributed by atoms with Crippen LogP contribution >= 0.6 is 0 Å². The van der Waals surface area contributed by atoms with Crippen molar-refractivity contribution in [2.75, 3.05) is 18.5 Å². The molecule has 0 unspecified atom stereocenters. The molecule has 6 nitrogen and oxygen atoms in total. The van der Waals surface area contributed by atoms with Crippen molar-refractivity contribution >= 4 is 11.7 Å². The Morgan fingerprint density at radius 1 is 1.21 bits per heavy atom. The molecule has 1 N–H and O–H groups in total. The molecule has 0 saturated heterocycles. The number of pyridine rings is 1. The number of nitrogens with zero attached hydrogens (tertiary/aromatic N) is 4. The third-order valence-electron chi connectivity index (χ3n) is 4.76. The highest BCUT2D eigenvalue weighted by molar-refractivity contribution is 5.82. The Labute approximate surface area is 167 Å². The van der Waals surface area contributed by atoms with Gasteiger partial charge in [-0.15, -0.1) is 0 Å². The van der Waals surface area contributed by atoms with E-state index in [9.17, 15) is 4.79 Å². The Kier molecular flexibility index (Phi) is 5.96. The first kappa shape index (κ1) is 20.2. The lowest BCUT2D eigenvalue weighted by atomic mass is 10.1. The van der Waals surface area contributed by atoms with Crippen LogP contribution in [0.15, 0.2) is 18.3 Å². The van der Waals surface area contributed by atoms with Gasteiger partial charge in [0.05, 0.1) is 6.54 Å². The number of carbonyl (C=O) groups is 1. The van der Waals surface area contributed by atoms with Gasteiger partial charge in [0.2, 0.25) is 5.91 Å². The molecule has 28 heavy (non-hydrogen) atoms. The average molecular weight is 382 g/mol. The largest absolute Gasteiger partial charge is 0.350 e. The van der Waals surface area contributed by atoms with Crippen molar-refractivity contribution in [3.05, 3.63) is 35.2 Å². The summed E-state index contributed by atoms with van der Waals surface area (Å²) in [5, 5.41) is 3.02. The van der Waals surface area contributed by atoms with Crippen LogP contribution in [0.5, 0.6) is 0 Å². The molecule has 0 atom stereocenters. The number of carbonyl (C=O) groups excluding carboxylic acids is 1. The summed E-state index contributed by atoms with van der Waals surface area (Å²) in [5.41, 5.74) is 4.01. The molecule has 2 aromatic heterocycles. The van der Waals surface area contributed by atoms with Crippen LogP contribution in [0, 0.1) is 0 Å². The predicted molar refractivity (Wildman–Crippen MR) is 112 cm³/mol. The van der Waals surface area contributed by atoms with E-state index in [-0.39, 0.29) is 18.0 Å². The third-order valence-corrected chi connectivity index (χ3v) is 4.76. The van der Waals surface area contributed by atoms with Crippen molar-refractivity contribution in [1.82, 2.24) is 20.3 Å². The first-order valence-corrected chi connectivity index (χ1v) is 10.1. The molecular weight excluding hydrogens is 350 g/mol. The number of fused-ring (bicyclic) bond motifs is 1. The Balaban J connectivity index is 1.88. The number of likely N-dealkylation sites (N-methyl/N-ethyl adjacent to an activating group) is 1. The second-order valence-electron chi connectivity index (χ2n) is 8.61. The molecule has 0 bridgehead atoms. The molecule has 6 heteroatoms. The highest BCUT2D eigenvalue weighted by atomic mass is 16.2. The summed E-state index contributed by atoms with van der Waals surface area (Å²) in [6, 6.07) is 4.10. The van der Waals surface area contributed by atoms with E-state index < -0.39 is 0 Å². The molecule has 150 valence electrons. The second kappa shape index (κ2) is 8.25. The number of hydrogen-bond acceptors (Lipinski definition) is 5. The molecule has 1 aliphatic carbocycles. The summed E-state index contributed by atoms with van der Waals surface area (Å²) >= 11 is 0. The van der Waals surface area contributed by atoms with Crippen LogP contribution in [0.4, 0.5) is 5.82 Å². The predicted octanol–water partition coefficient (Wildman–Crippen LogP) is 3.33. The van der Waals surface area contributed by atoms with E-state index in [4.69, 9.17) is 9.97 Å². The molecule has 0 aromatic carbocycles. The maximum Gasteiger partial charge on any atom is 0.239 e. The lowest BCUT2D eigenvalue weighted by Gasteiger charge is -2.25. The van der Waals surface area contributed by atoms with E-state index in [1.807, 2.05) is 45.0 Å². The maximum atomic E-state index is 12.4. The normalized spacial score (nSPS) is 13.3. The van der Waals surface area contributed by atoms with Gasteiger partial charge in [-0.2, -0.15) is 0 Å². The first-order chi connectivity index (χ1) is 13.3. The van der Waals surface area contributed by atoms with Gasteiger partial charge in [-0.1, -0.05) is 19.4 Å². The van der Waals surface area contributed by atoms with E-state index in [1.165, 1.54) is 5.56 Å². The number of amides is 1. The fraction of sp³-hybridized carbons (Fsp3) is 0.545. The van der Waals surface area contributed by atoms with Gasteiger partial charge >= 0.3 is 0 Å². The molecular formula is C22H31N5O. The summed E-state index contributed by atoms with van der Waals surface area (Å²) < 4.78 is 0. The minimum Gasteiger partial charge on any atom is -0.350 e. The molecule has 3 rings (SSSR count). The topological polar surface area (TPSA) is 71.0 Å². The van der Waals surface area contributed by atoms with Gasteiger partial charge in [0, 0.05) is 30.0 Å². The van der Waals surface area contributed by atoms with Crippen molar-refractivity contribution in [1.29, 1.82) is 0 Å². The smallest absolute Gasteiger partial charge is 0.239 e. The zero-order valence-corrected chi connectivity index (χ0v) is 17.7. The number of aryl methyl sites for hydroxylation is 2. The van der Waals surface area contributed by atoms with Gasteiger partial charge < -0.3 is 10.2 Å². The SMILES string of the molecule is CCCc1ccc(-c2nc3c(c(N(C)CC(=O)NC(C)(C)C)n2)CCC3)nc1. The zero-order valence-electron chi connectivity index (χ0n) is 17.7. The number of nitrogens with one attached hydrogen (secondary N) is 1. The second-order valence-corrected chi connectivity index (χ2v) is 8.61. The summed E-state index contributed by atoms with van der Waals surface area (Å²) in [6.45, 7) is 8.39. The van der Waals surface area contributed by atoms with Gasteiger partial charge in [-0.3, -0.25) is 9.78 Å². The van der Waals surface area contributed by atoms with Crippen molar-refractivity contribution in [3.63, 3.8) is 0 Å². The Hall–Kier alpha value is -2.50. The van der Waals surface area contributed by atoms with E-state index in [0.717, 1.165) is 54.9 Å². The quantitative estimate of drug-likeness (QED) is 0.831. The van der Waals surface area contributed by atoms with Gasteiger partial charge in [-0.05, 0) is 58.1 Å². The van der Waals surface area contributed by atoms with E-state index in [1.54, 1.807) is 0 Å². The monoisotopic (exact) mass is 381 g/mol. The van der Waals surface area contributed by atoms with Crippen LogP contribution in [-0.2, 0) is 24.1 Å². The van der Waals surface area contributed by atoms with Crippen molar-refractivity contribution < 1.29 is 4.79 Å². The summed E-state index contributed by atoms with van der Waals surface area (Å²) in [5.74, 6) is 1.48. The molecule has 1 aliphatic rings. The maximum absolute atomic E-state index is 12.4. The standard InChI is InChI=1S/C22H31N5O/c1-6-8-15-11-12-18(23-13-15)20-24-17-10-7-9-16(17)21(25-20)27(5)14-19(28)26-22(2,3)4/h11-13H,6-10,14H2,1-5H3,(H,26,28). The molecule has 0 spiro atoms. The molecule has 0 fully saturated rings. The van der Waals surface area contributed by atoms with Gasteiger partial charge in [0.15, 0.2) is 5.82 Å². The molecule has 2 aromatic rings. The zero-order chi connectivity index (χ0) is 20.3. The fourth-order valence-corrected chi connectivity index (χ4v) is 3.58. The average Bonchev–Trinajstić information content (AvgIpc) is 3.08. The molecule has 2 heterocycles. The Morgan fingerprint density at radius 3 is 2.64 bits per heavy atom. The van der Waals surface area contributed by atoms with Crippen LogP contribution in [0.25, 0.3) is 11.5 Å². The van der Waals surface area contributed by atoms with Crippen LogP contribution < -0.4 is 10.2 Å². The Morgan fingerprint density at radius 2 is 2.00 bits per heavy atom. The van der Waals surface area contributed by atoms with Gasteiger partial charge in [0.25, 0.3) is 0 Å². The minimum absolute atomic E-state index is 0.0102. The Bertz CT molecular complexity index is 839. The van der Waals surface area contributed by atoms with Crippen molar-refractivity contribution in [2.45, 2.75) is 65.3 Å². The van der Waals surface area contributed by atoms with Crippen molar-refractivity contribution in [2.24, 2.45) is 0 Å². The van der Waals surface area contributed by atoms with Crippen LogP contribution in [-0.4, -0.2) is 40.0 Å². The van der Waals surface area contributed by atoms with Gasteiger partial charge in [-0.25, -0.2) is 9.97 Å². The van der Waals surface area contributed by atoms with Crippen LogP contribution in [0.3, 0.4) is 0 Å². The number of hydrogen-bond donors (Lipinski definition) is 1. The summed E-state index contributed by atoms with van der Waals surface area (Å²) in [4.78, 5) is 28.5. The number of anilines is 1. The third kappa shape index (κ3) is 4.86. The fourth-order valence-electron chi connectivity index (χ4n) is 3.58. The van der Waals surface area contributed by atoms with Crippen LogP contribution in [0.1, 0.15) is 57.4 Å². The van der Waals surface area contributed by atoms with E-state index >= 15 is 0 Å². The number of aromatic nitrogens is 3. The summed E-state index contributed by atoms with van der Waals surface area (Å²) in [6.07, 6.45) is 7.02. The highest BCUT2D eigenvalue weighted by Crippen LogP contribution is 2.30. The van der Waals surface area contributed by atoms with Crippen LogP contribution in [0.2, 0.25) is 0 Å². The first-order valence-electron chi connectivity index (χ1n) is 10.1. The minimum atomic E-state index is -0.249. The molecule has 0 saturated carbocycles. The molecule has 0 radical (unpaired) electrons.